The summed E-state index contributed by atoms with van der Waals surface area (Å²) in [7, 11) is 0. The Morgan fingerprint density at radius 3 is 2.48 bits per heavy atom. The summed E-state index contributed by atoms with van der Waals surface area (Å²) >= 11 is 0. The zero-order valence-electron chi connectivity index (χ0n) is 12.2. The number of rotatable bonds is 6. The summed E-state index contributed by atoms with van der Waals surface area (Å²) in [5.74, 6) is 0. The predicted octanol–water partition coefficient (Wildman–Crippen LogP) is 3.82. The Hall–Kier alpha value is -2.56. The molecule has 1 atom stereocenters. The molecule has 110 valence electrons. The third-order valence-corrected chi connectivity index (χ3v) is 3.19. The number of nitrogens with one attached hydrogen (secondary N) is 2. The van der Waals surface area contributed by atoms with Crippen LogP contribution >= 0.6 is 0 Å². The number of nitro benzene ring substituents is 1. The highest BCUT2D eigenvalue weighted by Gasteiger charge is 2.10. The van der Waals surface area contributed by atoms with E-state index < -0.39 is 0 Å². The number of nitro groups is 1. The summed E-state index contributed by atoms with van der Waals surface area (Å²) in [5, 5.41) is 17.4. The van der Waals surface area contributed by atoms with E-state index in [4.69, 9.17) is 0 Å². The van der Waals surface area contributed by atoms with Crippen LogP contribution in [-0.2, 0) is 0 Å². The van der Waals surface area contributed by atoms with E-state index in [1.165, 1.54) is 6.07 Å². The van der Waals surface area contributed by atoms with Gasteiger partial charge in [0.1, 0.15) is 0 Å². The normalized spacial score (nSPS) is 11.7. The van der Waals surface area contributed by atoms with Gasteiger partial charge in [0.15, 0.2) is 0 Å². The van der Waals surface area contributed by atoms with Gasteiger partial charge in [-0.05, 0) is 38.1 Å². The molecule has 0 saturated carbocycles. The van der Waals surface area contributed by atoms with Crippen LogP contribution in [-0.4, -0.2) is 17.5 Å². The summed E-state index contributed by atoms with van der Waals surface area (Å²) in [6, 6.07) is 15.3. The molecule has 2 aromatic carbocycles. The fourth-order valence-electron chi connectivity index (χ4n) is 2.11. The van der Waals surface area contributed by atoms with Crippen LogP contribution in [0, 0.1) is 17.0 Å². The van der Waals surface area contributed by atoms with E-state index in [9.17, 15) is 10.1 Å². The third-order valence-electron chi connectivity index (χ3n) is 3.19. The molecule has 2 N–H and O–H groups in total. The van der Waals surface area contributed by atoms with Gasteiger partial charge in [0.05, 0.1) is 4.92 Å². The summed E-state index contributed by atoms with van der Waals surface area (Å²) < 4.78 is 0. The molecule has 0 aliphatic rings. The average Bonchev–Trinajstić information content (AvgIpc) is 2.46. The number of nitrogens with zero attached hydrogens (tertiary/aromatic N) is 1. The molecular weight excluding hydrogens is 266 g/mol. The van der Waals surface area contributed by atoms with Crippen molar-refractivity contribution in [3.05, 3.63) is 64.2 Å². The van der Waals surface area contributed by atoms with Crippen LogP contribution < -0.4 is 10.6 Å². The van der Waals surface area contributed by atoms with Crippen molar-refractivity contribution in [2.75, 3.05) is 17.2 Å². The molecule has 0 aromatic heterocycles. The molecule has 0 aliphatic heterocycles. The van der Waals surface area contributed by atoms with Gasteiger partial charge in [-0.2, -0.15) is 0 Å². The second-order valence-corrected chi connectivity index (χ2v) is 5.05. The molecule has 21 heavy (non-hydrogen) atoms. The second-order valence-electron chi connectivity index (χ2n) is 5.05. The van der Waals surface area contributed by atoms with Gasteiger partial charge in [-0.15, -0.1) is 0 Å². The van der Waals surface area contributed by atoms with Crippen LogP contribution in [0.25, 0.3) is 0 Å². The molecule has 0 aliphatic carbocycles. The minimum Gasteiger partial charge on any atom is -0.383 e. The lowest BCUT2D eigenvalue weighted by Gasteiger charge is -2.17. The fraction of sp³-hybridized carbons (Fsp3) is 0.250. The molecule has 0 amide bonds. The second kappa shape index (κ2) is 6.74. The first-order valence-corrected chi connectivity index (χ1v) is 6.87. The van der Waals surface area contributed by atoms with E-state index in [1.807, 2.05) is 30.3 Å². The van der Waals surface area contributed by atoms with E-state index in [-0.39, 0.29) is 16.7 Å². The van der Waals surface area contributed by atoms with E-state index in [0.29, 0.717) is 5.56 Å². The topological polar surface area (TPSA) is 67.2 Å². The lowest BCUT2D eigenvalue weighted by atomic mass is 10.2. The van der Waals surface area contributed by atoms with Gasteiger partial charge in [0.2, 0.25) is 0 Å². The van der Waals surface area contributed by atoms with Crippen LogP contribution in [0.5, 0.6) is 0 Å². The van der Waals surface area contributed by atoms with Crippen molar-refractivity contribution in [1.82, 2.24) is 0 Å². The number of aryl methyl sites for hydroxylation is 1. The van der Waals surface area contributed by atoms with Crippen molar-refractivity contribution in [2.24, 2.45) is 0 Å². The summed E-state index contributed by atoms with van der Waals surface area (Å²) in [4.78, 5) is 10.4. The van der Waals surface area contributed by atoms with E-state index in [2.05, 4.69) is 17.6 Å². The van der Waals surface area contributed by atoms with Gasteiger partial charge in [-0.1, -0.05) is 18.2 Å². The van der Waals surface area contributed by atoms with Gasteiger partial charge in [-0.3, -0.25) is 10.1 Å². The van der Waals surface area contributed by atoms with Crippen molar-refractivity contribution in [3.8, 4) is 0 Å². The van der Waals surface area contributed by atoms with E-state index in [0.717, 1.165) is 17.9 Å². The minimum absolute atomic E-state index is 0.149. The summed E-state index contributed by atoms with van der Waals surface area (Å²) in [6.07, 6.45) is 0. The Balaban J connectivity index is 1.91. The Kier molecular flexibility index (Phi) is 4.77. The van der Waals surface area contributed by atoms with Crippen LogP contribution in [0.15, 0.2) is 48.5 Å². The molecule has 5 heteroatoms. The number of hydrogen-bond donors (Lipinski definition) is 2. The molecule has 1 unspecified atom stereocenters. The smallest absolute Gasteiger partial charge is 0.272 e. The zero-order chi connectivity index (χ0) is 15.2. The lowest BCUT2D eigenvalue weighted by Crippen LogP contribution is -2.24. The van der Waals surface area contributed by atoms with Crippen molar-refractivity contribution in [3.63, 3.8) is 0 Å². The van der Waals surface area contributed by atoms with Gasteiger partial charge in [0, 0.05) is 35.6 Å². The number of benzene rings is 2. The van der Waals surface area contributed by atoms with Crippen LogP contribution in [0.1, 0.15) is 12.5 Å². The Labute approximate surface area is 124 Å². The molecule has 0 heterocycles. The number of hydrogen-bond acceptors (Lipinski definition) is 4. The first-order valence-electron chi connectivity index (χ1n) is 6.87. The van der Waals surface area contributed by atoms with E-state index >= 15 is 0 Å². The molecule has 0 spiro atoms. The van der Waals surface area contributed by atoms with Crippen molar-refractivity contribution >= 4 is 17.1 Å². The first kappa shape index (κ1) is 14.8. The molecule has 0 fully saturated rings. The van der Waals surface area contributed by atoms with Crippen molar-refractivity contribution in [1.29, 1.82) is 0 Å². The largest absolute Gasteiger partial charge is 0.383 e. The number of para-hydroxylation sites is 1. The van der Waals surface area contributed by atoms with E-state index in [1.54, 1.807) is 19.1 Å². The maximum Gasteiger partial charge on any atom is 0.272 e. The van der Waals surface area contributed by atoms with Crippen molar-refractivity contribution < 1.29 is 4.92 Å². The lowest BCUT2D eigenvalue weighted by molar-refractivity contribution is -0.385. The third kappa shape index (κ3) is 4.21. The molecule has 5 nitrogen and oxygen atoms in total. The maximum atomic E-state index is 10.8. The Morgan fingerprint density at radius 1 is 1.14 bits per heavy atom. The maximum absolute atomic E-state index is 10.8. The molecule has 0 radical (unpaired) electrons. The fourth-order valence-corrected chi connectivity index (χ4v) is 2.11. The van der Waals surface area contributed by atoms with Gasteiger partial charge < -0.3 is 10.6 Å². The highest BCUT2D eigenvalue weighted by molar-refractivity contribution is 5.54. The average molecular weight is 285 g/mol. The predicted molar refractivity (Wildman–Crippen MR) is 85.8 cm³/mol. The van der Waals surface area contributed by atoms with Crippen LogP contribution in [0.2, 0.25) is 0 Å². The van der Waals surface area contributed by atoms with Gasteiger partial charge >= 0.3 is 0 Å². The first-order chi connectivity index (χ1) is 10.1. The molecule has 2 aromatic rings. The SMILES string of the molecule is Cc1cc(NCC(C)Nc2ccccc2)ccc1[N+](=O)[O-]. The van der Waals surface area contributed by atoms with Crippen LogP contribution in [0.4, 0.5) is 17.1 Å². The Morgan fingerprint density at radius 2 is 1.86 bits per heavy atom. The molecule has 2 rings (SSSR count). The molecular formula is C16H19N3O2. The zero-order valence-corrected chi connectivity index (χ0v) is 12.2. The standard InChI is InChI=1S/C16H19N3O2/c1-12-10-15(8-9-16(12)19(20)21)17-11-13(2)18-14-6-4-3-5-7-14/h3-10,13,17-18H,11H2,1-2H3. The highest BCUT2D eigenvalue weighted by atomic mass is 16.6. The quantitative estimate of drug-likeness (QED) is 0.625. The summed E-state index contributed by atoms with van der Waals surface area (Å²) in [6.45, 7) is 4.55. The molecule has 0 bridgehead atoms. The Bertz CT molecular complexity index is 614. The highest BCUT2D eigenvalue weighted by Crippen LogP contribution is 2.21. The number of anilines is 2. The molecule has 0 saturated heterocycles. The van der Waals surface area contributed by atoms with Crippen LogP contribution in [0.3, 0.4) is 0 Å². The minimum atomic E-state index is -0.362. The summed E-state index contributed by atoms with van der Waals surface area (Å²) in [5.41, 5.74) is 2.77. The van der Waals surface area contributed by atoms with Gasteiger partial charge in [0.25, 0.3) is 5.69 Å². The van der Waals surface area contributed by atoms with Gasteiger partial charge in [-0.25, -0.2) is 0 Å². The van der Waals surface area contributed by atoms with Crippen molar-refractivity contribution in [2.45, 2.75) is 19.9 Å². The monoisotopic (exact) mass is 285 g/mol.